The van der Waals surface area contributed by atoms with E-state index in [2.05, 4.69) is 24.4 Å². The van der Waals surface area contributed by atoms with Crippen molar-refractivity contribution in [2.24, 2.45) is 34.0 Å². The summed E-state index contributed by atoms with van der Waals surface area (Å²) in [6, 6.07) is 0. The van der Waals surface area contributed by atoms with Crippen molar-refractivity contribution in [3.05, 3.63) is 0 Å². The molecular weight excluding hydrogens is 218 g/mol. The van der Waals surface area contributed by atoms with Crippen LogP contribution in [0.4, 0.5) is 0 Å². The van der Waals surface area contributed by atoms with Gasteiger partial charge in [0.25, 0.3) is 0 Å². The van der Waals surface area contributed by atoms with Gasteiger partial charge in [0.15, 0.2) is 5.11 Å². The maximum absolute atomic E-state index is 5.31. The highest BCUT2D eigenvalue weighted by molar-refractivity contribution is 7.80. The molecule has 2 aliphatic rings. The molecule has 0 saturated heterocycles. The molecule has 4 heteroatoms. The second-order valence-electron chi connectivity index (χ2n) is 5.72. The van der Waals surface area contributed by atoms with Gasteiger partial charge in [0.2, 0.25) is 0 Å². The van der Waals surface area contributed by atoms with Crippen LogP contribution in [0.15, 0.2) is 5.10 Å². The molecule has 0 unspecified atom stereocenters. The van der Waals surface area contributed by atoms with Crippen molar-refractivity contribution >= 4 is 23.5 Å². The highest BCUT2D eigenvalue weighted by Gasteiger charge is 2.51. The molecule has 3 atom stereocenters. The van der Waals surface area contributed by atoms with E-state index < -0.39 is 0 Å². The Hall–Kier alpha value is -0.640. The van der Waals surface area contributed by atoms with E-state index in [4.69, 9.17) is 18.0 Å². The Bertz CT molecular complexity index is 311. The van der Waals surface area contributed by atoms with Gasteiger partial charge >= 0.3 is 0 Å². The van der Waals surface area contributed by atoms with Crippen LogP contribution in [0.25, 0.3) is 0 Å². The molecular formula is C12H21N3S. The van der Waals surface area contributed by atoms with Gasteiger partial charge in [-0.3, -0.25) is 5.43 Å². The molecule has 16 heavy (non-hydrogen) atoms. The van der Waals surface area contributed by atoms with Gasteiger partial charge in [0.05, 0.1) is 0 Å². The molecule has 0 aliphatic heterocycles. The van der Waals surface area contributed by atoms with E-state index in [1.54, 1.807) is 0 Å². The lowest BCUT2D eigenvalue weighted by molar-refractivity contribution is 0.129. The van der Waals surface area contributed by atoms with Crippen molar-refractivity contribution in [3.63, 3.8) is 0 Å². The first kappa shape index (κ1) is 11.8. The van der Waals surface area contributed by atoms with Gasteiger partial charge in [-0.1, -0.05) is 13.8 Å². The van der Waals surface area contributed by atoms with E-state index in [0.717, 1.165) is 24.2 Å². The summed E-state index contributed by atoms with van der Waals surface area (Å²) in [7, 11) is 0. The lowest BCUT2D eigenvalue weighted by Crippen LogP contribution is -2.31. The average Bonchev–Trinajstić information content (AvgIpc) is 2.72. The van der Waals surface area contributed by atoms with Gasteiger partial charge in [-0.2, -0.15) is 5.10 Å². The maximum atomic E-state index is 5.31. The molecule has 2 rings (SSSR count). The third-order valence-corrected chi connectivity index (χ3v) is 4.77. The average molecular weight is 239 g/mol. The van der Waals surface area contributed by atoms with Gasteiger partial charge in [-0.05, 0) is 61.1 Å². The third kappa shape index (κ3) is 2.08. The first-order valence-electron chi connectivity index (χ1n) is 6.08. The first-order valence-corrected chi connectivity index (χ1v) is 6.49. The van der Waals surface area contributed by atoms with Crippen molar-refractivity contribution in [1.82, 2.24) is 5.43 Å². The number of thiocarbonyl (C=S) groups is 1. The molecule has 2 fully saturated rings. The summed E-state index contributed by atoms with van der Waals surface area (Å²) in [5.41, 5.74) is 8.41. The number of hydrazone groups is 1. The normalized spacial score (nSPS) is 35.8. The van der Waals surface area contributed by atoms with Crippen LogP contribution in [0.3, 0.4) is 0 Å². The highest BCUT2D eigenvalue weighted by atomic mass is 32.1. The van der Waals surface area contributed by atoms with Gasteiger partial charge < -0.3 is 5.73 Å². The zero-order chi connectivity index (χ0) is 11.8. The zero-order valence-corrected chi connectivity index (χ0v) is 10.9. The minimum atomic E-state index is 0.239. The molecule has 3 N–H and O–H groups in total. The van der Waals surface area contributed by atoms with Crippen molar-refractivity contribution in [1.29, 1.82) is 0 Å². The molecule has 0 radical (unpaired) electrons. The Morgan fingerprint density at radius 1 is 1.56 bits per heavy atom. The van der Waals surface area contributed by atoms with E-state index in [1.807, 2.05) is 6.21 Å². The SMILES string of the molecule is CC1(C)[C@H]2CC[C@H](C2)[C@H]1C/C=N\NC(N)=S. The molecule has 0 amide bonds. The second-order valence-corrected chi connectivity index (χ2v) is 6.16. The predicted octanol–water partition coefficient (Wildman–Crippen LogP) is 2.27. The van der Waals surface area contributed by atoms with Gasteiger partial charge in [-0.25, -0.2) is 0 Å². The molecule has 0 aromatic rings. The van der Waals surface area contributed by atoms with Crippen LogP contribution < -0.4 is 11.2 Å². The summed E-state index contributed by atoms with van der Waals surface area (Å²) in [6.45, 7) is 4.83. The van der Waals surface area contributed by atoms with Crippen LogP contribution in [0.1, 0.15) is 39.5 Å². The highest BCUT2D eigenvalue weighted by Crippen LogP contribution is 2.60. The molecule has 0 spiro atoms. The molecule has 0 aromatic heterocycles. The molecule has 0 heterocycles. The fraction of sp³-hybridized carbons (Fsp3) is 0.833. The number of fused-ring (bicyclic) bond motifs is 2. The van der Waals surface area contributed by atoms with Gasteiger partial charge in [0.1, 0.15) is 0 Å². The van der Waals surface area contributed by atoms with Crippen molar-refractivity contribution in [3.8, 4) is 0 Å². The summed E-state index contributed by atoms with van der Waals surface area (Å²) < 4.78 is 0. The first-order chi connectivity index (χ1) is 7.51. The lowest BCUT2D eigenvalue weighted by Gasteiger charge is -2.37. The zero-order valence-electron chi connectivity index (χ0n) is 10.1. The summed E-state index contributed by atoms with van der Waals surface area (Å²) in [5.74, 6) is 2.62. The van der Waals surface area contributed by atoms with E-state index in [1.165, 1.54) is 19.3 Å². The summed E-state index contributed by atoms with van der Waals surface area (Å²) in [6.07, 6.45) is 7.25. The molecule has 2 aliphatic carbocycles. The Morgan fingerprint density at radius 3 is 2.88 bits per heavy atom. The van der Waals surface area contributed by atoms with Crippen LogP contribution in [0.2, 0.25) is 0 Å². The monoisotopic (exact) mass is 239 g/mol. The predicted molar refractivity (Wildman–Crippen MR) is 71.1 cm³/mol. The molecule has 90 valence electrons. The minimum absolute atomic E-state index is 0.239. The van der Waals surface area contributed by atoms with Gasteiger partial charge in [-0.15, -0.1) is 0 Å². The van der Waals surface area contributed by atoms with Crippen molar-refractivity contribution in [2.75, 3.05) is 0 Å². The molecule has 3 nitrogen and oxygen atoms in total. The summed E-state index contributed by atoms with van der Waals surface area (Å²) in [4.78, 5) is 0. The Labute approximate surface area is 103 Å². The van der Waals surface area contributed by atoms with E-state index in [-0.39, 0.29) is 5.11 Å². The van der Waals surface area contributed by atoms with Crippen LogP contribution in [0.5, 0.6) is 0 Å². The molecule has 2 bridgehead atoms. The fourth-order valence-corrected chi connectivity index (χ4v) is 3.79. The smallest absolute Gasteiger partial charge is 0.184 e. The Kier molecular flexibility index (Phi) is 3.19. The third-order valence-electron chi connectivity index (χ3n) is 4.68. The number of hydrogen-bond donors (Lipinski definition) is 2. The topological polar surface area (TPSA) is 50.4 Å². The Balaban J connectivity index is 1.90. The summed E-state index contributed by atoms with van der Waals surface area (Å²) in [5, 5.41) is 4.28. The number of nitrogens with two attached hydrogens (primary N) is 1. The number of nitrogens with one attached hydrogen (secondary N) is 1. The quantitative estimate of drug-likeness (QED) is 0.451. The number of hydrogen-bond acceptors (Lipinski definition) is 2. The summed E-state index contributed by atoms with van der Waals surface area (Å²) >= 11 is 4.69. The fourth-order valence-electron chi connectivity index (χ4n) is 3.74. The number of rotatable bonds is 3. The van der Waals surface area contributed by atoms with Crippen LogP contribution in [-0.4, -0.2) is 11.3 Å². The van der Waals surface area contributed by atoms with Gasteiger partial charge in [0, 0.05) is 6.21 Å². The number of nitrogens with zero attached hydrogens (tertiary/aromatic N) is 1. The van der Waals surface area contributed by atoms with Crippen LogP contribution >= 0.6 is 12.2 Å². The second kappa shape index (κ2) is 4.32. The minimum Gasteiger partial charge on any atom is -0.375 e. The largest absolute Gasteiger partial charge is 0.375 e. The molecule has 2 saturated carbocycles. The van der Waals surface area contributed by atoms with E-state index in [0.29, 0.717) is 5.41 Å². The van der Waals surface area contributed by atoms with Crippen LogP contribution in [0, 0.1) is 23.2 Å². The lowest BCUT2D eigenvalue weighted by atomic mass is 9.68. The van der Waals surface area contributed by atoms with E-state index >= 15 is 0 Å². The standard InChI is InChI=1S/C12H21N3S/c1-12(2)9-4-3-8(7-9)10(12)5-6-14-15-11(13)16/h6,8-10H,3-5,7H2,1-2H3,(H3,13,15,16)/b14-6-/t8-,9+,10-/m1/s1. The van der Waals surface area contributed by atoms with Crippen molar-refractivity contribution < 1.29 is 0 Å². The maximum Gasteiger partial charge on any atom is 0.184 e. The van der Waals surface area contributed by atoms with Crippen LogP contribution in [-0.2, 0) is 0 Å². The molecule has 0 aromatic carbocycles. The Morgan fingerprint density at radius 2 is 2.31 bits per heavy atom. The van der Waals surface area contributed by atoms with E-state index in [9.17, 15) is 0 Å². The van der Waals surface area contributed by atoms with Crippen molar-refractivity contribution in [2.45, 2.75) is 39.5 Å².